The first-order chi connectivity index (χ1) is 10.5. The summed E-state index contributed by atoms with van der Waals surface area (Å²) in [6.45, 7) is 1.82. The highest BCUT2D eigenvalue weighted by Crippen LogP contribution is 2.31. The quantitative estimate of drug-likeness (QED) is 0.865. The van der Waals surface area contributed by atoms with Crippen LogP contribution in [0.25, 0.3) is 0 Å². The number of sulfone groups is 1. The third-order valence-electron chi connectivity index (χ3n) is 4.03. The van der Waals surface area contributed by atoms with Crippen molar-refractivity contribution in [3.63, 3.8) is 0 Å². The van der Waals surface area contributed by atoms with E-state index in [0.717, 1.165) is 37.2 Å². The molecule has 1 aromatic carbocycles. The van der Waals surface area contributed by atoms with Crippen LogP contribution in [0.4, 0.5) is 0 Å². The number of rotatable bonds is 4. The Balaban J connectivity index is 1.75. The Morgan fingerprint density at radius 2 is 2.00 bits per heavy atom. The molecule has 0 bridgehead atoms. The smallest absolute Gasteiger partial charge is 0.175 e. The van der Waals surface area contributed by atoms with E-state index in [1.807, 2.05) is 18.3 Å². The summed E-state index contributed by atoms with van der Waals surface area (Å²) in [5.41, 5.74) is 2.12. The maximum atomic E-state index is 11.5. The molecule has 1 aliphatic heterocycles. The minimum absolute atomic E-state index is 0.295. The molecule has 0 amide bonds. The van der Waals surface area contributed by atoms with Gasteiger partial charge in [-0.3, -0.25) is 14.9 Å². The number of benzene rings is 1. The molecule has 5 nitrogen and oxygen atoms in total. The van der Waals surface area contributed by atoms with E-state index in [-0.39, 0.29) is 0 Å². The van der Waals surface area contributed by atoms with Crippen molar-refractivity contribution in [1.29, 1.82) is 0 Å². The summed E-state index contributed by atoms with van der Waals surface area (Å²) in [6, 6.07) is 7.43. The summed E-state index contributed by atoms with van der Waals surface area (Å²) in [4.78, 5) is 11.3. The van der Waals surface area contributed by atoms with Crippen molar-refractivity contribution in [2.24, 2.45) is 0 Å². The number of hydrogen-bond donors (Lipinski definition) is 0. The molecule has 1 fully saturated rings. The van der Waals surface area contributed by atoms with Crippen LogP contribution in [-0.2, 0) is 16.4 Å². The van der Waals surface area contributed by atoms with Gasteiger partial charge in [-0.05, 0) is 37.1 Å². The lowest BCUT2D eigenvalue weighted by Crippen LogP contribution is -2.23. The number of likely N-dealkylation sites (tertiary alicyclic amines) is 1. The van der Waals surface area contributed by atoms with Crippen molar-refractivity contribution in [1.82, 2.24) is 14.9 Å². The van der Waals surface area contributed by atoms with Crippen LogP contribution in [-0.4, -0.2) is 36.1 Å². The number of aromatic nitrogens is 2. The lowest BCUT2D eigenvalue weighted by Gasteiger charge is -2.23. The standard InChI is InChI=1S/C16H19N3O2S/c1-22(20,21)14-6-4-13(5-7-14)12-19-10-2-3-16(19)15-11-17-8-9-18-15/h4-9,11,16H,2-3,10,12H2,1H3/t16-/m1/s1. The summed E-state index contributed by atoms with van der Waals surface area (Å²) < 4.78 is 23.0. The Kier molecular flexibility index (Phi) is 4.22. The first kappa shape index (κ1) is 15.1. The Labute approximate surface area is 130 Å². The van der Waals surface area contributed by atoms with Gasteiger partial charge in [0, 0.05) is 31.4 Å². The highest BCUT2D eigenvalue weighted by Gasteiger charge is 2.27. The predicted molar refractivity (Wildman–Crippen MR) is 84.0 cm³/mol. The molecule has 1 aliphatic rings. The molecule has 116 valence electrons. The zero-order chi connectivity index (χ0) is 15.6. The van der Waals surface area contributed by atoms with Crippen LogP contribution in [0.2, 0.25) is 0 Å². The molecule has 0 aliphatic carbocycles. The zero-order valence-corrected chi connectivity index (χ0v) is 13.3. The molecule has 6 heteroatoms. The Morgan fingerprint density at radius 1 is 1.23 bits per heavy atom. The van der Waals surface area contributed by atoms with Gasteiger partial charge in [0.2, 0.25) is 0 Å². The normalized spacial score (nSPS) is 19.4. The zero-order valence-electron chi connectivity index (χ0n) is 12.5. The summed E-state index contributed by atoms with van der Waals surface area (Å²) in [5.74, 6) is 0. The number of hydrogen-bond acceptors (Lipinski definition) is 5. The van der Waals surface area contributed by atoms with Gasteiger partial charge in [-0.2, -0.15) is 0 Å². The van der Waals surface area contributed by atoms with E-state index in [2.05, 4.69) is 14.9 Å². The van der Waals surface area contributed by atoms with Crippen LogP contribution < -0.4 is 0 Å². The van der Waals surface area contributed by atoms with Crippen molar-refractivity contribution in [2.45, 2.75) is 30.3 Å². The van der Waals surface area contributed by atoms with Gasteiger partial charge in [0.1, 0.15) is 0 Å². The van der Waals surface area contributed by atoms with E-state index in [9.17, 15) is 8.42 Å². The lowest BCUT2D eigenvalue weighted by molar-refractivity contribution is 0.244. The van der Waals surface area contributed by atoms with E-state index in [0.29, 0.717) is 10.9 Å². The third kappa shape index (κ3) is 3.34. The van der Waals surface area contributed by atoms with E-state index in [1.165, 1.54) is 6.26 Å². The average Bonchev–Trinajstić information content (AvgIpc) is 2.96. The summed E-state index contributed by atoms with van der Waals surface area (Å²) in [6.07, 6.45) is 8.70. The third-order valence-corrected chi connectivity index (χ3v) is 5.15. The summed E-state index contributed by atoms with van der Waals surface area (Å²) in [5, 5.41) is 0. The Bertz CT molecular complexity index is 730. The van der Waals surface area contributed by atoms with Crippen LogP contribution in [0.3, 0.4) is 0 Å². The average molecular weight is 317 g/mol. The van der Waals surface area contributed by atoms with Crippen LogP contribution in [0.5, 0.6) is 0 Å². The molecular weight excluding hydrogens is 298 g/mol. The van der Waals surface area contributed by atoms with Crippen molar-refractivity contribution >= 4 is 9.84 Å². The molecule has 22 heavy (non-hydrogen) atoms. The van der Waals surface area contributed by atoms with Gasteiger partial charge in [0.05, 0.1) is 16.6 Å². The molecule has 1 atom stereocenters. The van der Waals surface area contributed by atoms with Gasteiger partial charge in [-0.25, -0.2) is 8.42 Å². The van der Waals surface area contributed by atoms with E-state index < -0.39 is 9.84 Å². The minimum Gasteiger partial charge on any atom is -0.290 e. The monoisotopic (exact) mass is 317 g/mol. The minimum atomic E-state index is -3.13. The largest absolute Gasteiger partial charge is 0.290 e. The lowest BCUT2D eigenvalue weighted by atomic mass is 10.1. The first-order valence-electron chi connectivity index (χ1n) is 7.33. The molecule has 0 spiro atoms. The van der Waals surface area contributed by atoms with Crippen molar-refractivity contribution in [3.05, 3.63) is 54.1 Å². The second kappa shape index (κ2) is 6.14. The van der Waals surface area contributed by atoms with Gasteiger partial charge in [0.15, 0.2) is 9.84 Å². The number of nitrogens with zero attached hydrogens (tertiary/aromatic N) is 3. The van der Waals surface area contributed by atoms with Gasteiger partial charge in [-0.15, -0.1) is 0 Å². The van der Waals surface area contributed by atoms with Crippen LogP contribution in [0.1, 0.15) is 30.1 Å². The second-order valence-corrected chi connectivity index (χ2v) is 7.69. The van der Waals surface area contributed by atoms with Crippen molar-refractivity contribution in [2.75, 3.05) is 12.8 Å². The SMILES string of the molecule is CS(=O)(=O)c1ccc(CN2CCC[C@@H]2c2cnccn2)cc1. The van der Waals surface area contributed by atoms with Gasteiger partial charge < -0.3 is 0 Å². The van der Waals surface area contributed by atoms with Gasteiger partial charge >= 0.3 is 0 Å². The van der Waals surface area contributed by atoms with E-state index in [4.69, 9.17) is 0 Å². The fourth-order valence-corrected chi connectivity index (χ4v) is 3.54. The molecule has 2 aromatic rings. The second-order valence-electron chi connectivity index (χ2n) is 5.67. The predicted octanol–water partition coefficient (Wildman–Crippen LogP) is 2.22. The fraction of sp³-hybridized carbons (Fsp3) is 0.375. The maximum Gasteiger partial charge on any atom is 0.175 e. The van der Waals surface area contributed by atoms with Crippen LogP contribution in [0, 0.1) is 0 Å². The molecule has 0 radical (unpaired) electrons. The molecule has 0 saturated carbocycles. The molecule has 1 saturated heterocycles. The maximum absolute atomic E-state index is 11.5. The van der Waals surface area contributed by atoms with Gasteiger partial charge in [-0.1, -0.05) is 12.1 Å². The first-order valence-corrected chi connectivity index (χ1v) is 9.22. The molecule has 2 heterocycles. The summed E-state index contributed by atoms with van der Waals surface area (Å²) >= 11 is 0. The molecule has 0 unspecified atom stereocenters. The highest BCUT2D eigenvalue weighted by atomic mass is 32.2. The van der Waals surface area contributed by atoms with Crippen molar-refractivity contribution in [3.8, 4) is 0 Å². The molecule has 3 rings (SSSR count). The van der Waals surface area contributed by atoms with Crippen LogP contribution >= 0.6 is 0 Å². The summed E-state index contributed by atoms with van der Waals surface area (Å²) in [7, 11) is -3.13. The Hall–Kier alpha value is -1.79. The highest BCUT2D eigenvalue weighted by molar-refractivity contribution is 7.90. The van der Waals surface area contributed by atoms with Crippen LogP contribution in [0.15, 0.2) is 47.8 Å². The topological polar surface area (TPSA) is 63.2 Å². The molecular formula is C16H19N3O2S. The van der Waals surface area contributed by atoms with Gasteiger partial charge in [0.25, 0.3) is 0 Å². The van der Waals surface area contributed by atoms with E-state index >= 15 is 0 Å². The van der Waals surface area contributed by atoms with Crippen molar-refractivity contribution < 1.29 is 8.42 Å². The molecule has 0 N–H and O–H groups in total. The Morgan fingerprint density at radius 3 is 2.64 bits per heavy atom. The fourth-order valence-electron chi connectivity index (χ4n) is 2.91. The van der Waals surface area contributed by atoms with E-state index in [1.54, 1.807) is 24.5 Å². The molecule has 1 aromatic heterocycles.